The molecule has 1 amide bonds. The minimum absolute atomic E-state index is 0.0531. The van der Waals surface area contributed by atoms with Crippen molar-refractivity contribution in [3.63, 3.8) is 0 Å². The number of carbonyl (C=O) groups is 1. The number of ether oxygens (including phenoxy) is 2. The quantitative estimate of drug-likeness (QED) is 0.813. The molecule has 1 aromatic rings. The molecule has 2 atom stereocenters. The number of amides is 1. The van der Waals surface area contributed by atoms with E-state index in [-0.39, 0.29) is 5.91 Å². The van der Waals surface area contributed by atoms with E-state index in [4.69, 9.17) is 9.47 Å². The number of nitrogens with zero attached hydrogens (tertiary/aromatic N) is 3. The summed E-state index contributed by atoms with van der Waals surface area (Å²) in [7, 11) is 3.83. The molecule has 3 heterocycles. The standard InChI is InChI=1S/C18H28N4O3/c1-21(2)17-11-14(3-5-19-17)18(23)20-12-16(15-4-8-25-13-15)22-6-9-24-10-7-22/h3,5,11,15-16H,4,6-10,12-13H2,1-2H3,(H,20,23)/t15-,16+/m1/s1. The van der Waals surface area contributed by atoms with Gasteiger partial charge in [-0.05, 0) is 18.6 Å². The number of hydrogen-bond acceptors (Lipinski definition) is 6. The zero-order valence-corrected chi connectivity index (χ0v) is 15.1. The molecule has 0 spiro atoms. The fourth-order valence-electron chi connectivity index (χ4n) is 3.46. The zero-order valence-electron chi connectivity index (χ0n) is 15.1. The highest BCUT2D eigenvalue weighted by Crippen LogP contribution is 2.22. The average molecular weight is 348 g/mol. The molecule has 0 radical (unpaired) electrons. The molecule has 2 fully saturated rings. The predicted octanol–water partition coefficient (Wildman–Crippen LogP) is 0.615. The van der Waals surface area contributed by atoms with Crippen LogP contribution >= 0.6 is 0 Å². The van der Waals surface area contributed by atoms with Gasteiger partial charge in [0.1, 0.15) is 5.82 Å². The zero-order chi connectivity index (χ0) is 17.6. The van der Waals surface area contributed by atoms with Crippen LogP contribution < -0.4 is 10.2 Å². The highest BCUT2D eigenvalue weighted by molar-refractivity contribution is 5.94. The van der Waals surface area contributed by atoms with E-state index in [1.165, 1.54) is 0 Å². The Morgan fingerprint density at radius 2 is 2.16 bits per heavy atom. The van der Waals surface area contributed by atoms with Gasteiger partial charge in [0.15, 0.2) is 0 Å². The number of hydrogen-bond donors (Lipinski definition) is 1. The molecule has 0 aromatic carbocycles. The van der Waals surface area contributed by atoms with Crippen molar-refractivity contribution in [2.24, 2.45) is 5.92 Å². The molecule has 1 N–H and O–H groups in total. The van der Waals surface area contributed by atoms with E-state index in [1.807, 2.05) is 25.1 Å². The van der Waals surface area contributed by atoms with E-state index in [2.05, 4.69) is 15.2 Å². The van der Waals surface area contributed by atoms with Gasteiger partial charge in [0.2, 0.25) is 0 Å². The first-order valence-corrected chi connectivity index (χ1v) is 8.96. The summed E-state index contributed by atoms with van der Waals surface area (Å²) < 4.78 is 11.0. The van der Waals surface area contributed by atoms with E-state index in [0.717, 1.165) is 51.8 Å². The molecule has 7 heteroatoms. The van der Waals surface area contributed by atoms with Crippen LogP contribution in [0.25, 0.3) is 0 Å². The van der Waals surface area contributed by atoms with Crippen LogP contribution in [0.15, 0.2) is 18.3 Å². The molecule has 0 saturated carbocycles. The summed E-state index contributed by atoms with van der Waals surface area (Å²) in [4.78, 5) is 21.2. The number of nitrogens with one attached hydrogen (secondary N) is 1. The first-order chi connectivity index (χ1) is 12.1. The van der Waals surface area contributed by atoms with Crippen LogP contribution in [-0.2, 0) is 9.47 Å². The lowest BCUT2D eigenvalue weighted by Crippen LogP contribution is -2.52. The third kappa shape index (κ3) is 4.68. The number of aromatic nitrogens is 1. The molecule has 1 aromatic heterocycles. The fraction of sp³-hybridized carbons (Fsp3) is 0.667. The maximum absolute atomic E-state index is 12.6. The summed E-state index contributed by atoms with van der Waals surface area (Å²) in [6.07, 6.45) is 2.73. The highest BCUT2D eigenvalue weighted by Gasteiger charge is 2.31. The van der Waals surface area contributed by atoms with Gasteiger partial charge in [0.05, 0.1) is 19.8 Å². The largest absolute Gasteiger partial charge is 0.381 e. The summed E-state index contributed by atoms with van der Waals surface area (Å²) in [6, 6.07) is 3.87. The van der Waals surface area contributed by atoms with Crippen LogP contribution in [0.2, 0.25) is 0 Å². The molecule has 0 unspecified atom stereocenters. The second-order valence-corrected chi connectivity index (χ2v) is 6.85. The van der Waals surface area contributed by atoms with Crippen molar-refractivity contribution in [1.82, 2.24) is 15.2 Å². The van der Waals surface area contributed by atoms with Gasteiger partial charge in [-0.1, -0.05) is 0 Å². The Hall–Kier alpha value is -1.70. The first kappa shape index (κ1) is 18.1. The van der Waals surface area contributed by atoms with Crippen LogP contribution in [0.5, 0.6) is 0 Å². The summed E-state index contributed by atoms with van der Waals surface area (Å²) in [5.74, 6) is 1.19. The maximum atomic E-state index is 12.6. The van der Waals surface area contributed by atoms with Gasteiger partial charge in [-0.15, -0.1) is 0 Å². The second-order valence-electron chi connectivity index (χ2n) is 6.85. The lowest BCUT2D eigenvalue weighted by atomic mass is 9.96. The summed E-state index contributed by atoms with van der Waals surface area (Å²) >= 11 is 0. The van der Waals surface area contributed by atoms with E-state index in [1.54, 1.807) is 12.3 Å². The van der Waals surface area contributed by atoms with E-state index < -0.39 is 0 Å². The van der Waals surface area contributed by atoms with Crippen molar-refractivity contribution < 1.29 is 14.3 Å². The molecule has 25 heavy (non-hydrogen) atoms. The Balaban J connectivity index is 1.63. The van der Waals surface area contributed by atoms with Crippen molar-refractivity contribution in [2.45, 2.75) is 12.5 Å². The number of anilines is 1. The molecule has 0 bridgehead atoms. The number of rotatable bonds is 6. The van der Waals surface area contributed by atoms with Gasteiger partial charge in [-0.2, -0.15) is 0 Å². The molecule has 0 aliphatic carbocycles. The van der Waals surface area contributed by atoms with Crippen LogP contribution in [-0.4, -0.2) is 82.0 Å². The Kier molecular flexibility index (Phi) is 6.23. The van der Waals surface area contributed by atoms with Crippen LogP contribution in [0.4, 0.5) is 5.82 Å². The molecule has 7 nitrogen and oxygen atoms in total. The van der Waals surface area contributed by atoms with Gasteiger partial charge < -0.3 is 19.7 Å². The van der Waals surface area contributed by atoms with Gasteiger partial charge in [0.25, 0.3) is 5.91 Å². The first-order valence-electron chi connectivity index (χ1n) is 8.96. The van der Waals surface area contributed by atoms with Gasteiger partial charge in [-0.25, -0.2) is 4.98 Å². The van der Waals surface area contributed by atoms with Crippen molar-refractivity contribution >= 4 is 11.7 Å². The molecule has 2 aliphatic heterocycles. The van der Waals surface area contributed by atoms with E-state index in [0.29, 0.717) is 24.1 Å². The normalized spacial score (nSPS) is 22.6. The minimum Gasteiger partial charge on any atom is -0.381 e. The van der Waals surface area contributed by atoms with Crippen LogP contribution in [0.1, 0.15) is 16.8 Å². The molecular weight excluding hydrogens is 320 g/mol. The Morgan fingerprint density at radius 1 is 1.36 bits per heavy atom. The van der Waals surface area contributed by atoms with Crippen molar-refractivity contribution in [2.75, 3.05) is 65.1 Å². The Bertz CT molecular complexity index is 569. The average Bonchev–Trinajstić information content (AvgIpc) is 3.17. The molecule has 2 saturated heterocycles. The molecule has 138 valence electrons. The van der Waals surface area contributed by atoms with E-state index in [9.17, 15) is 4.79 Å². The molecule has 3 rings (SSSR count). The van der Waals surface area contributed by atoms with Crippen molar-refractivity contribution in [1.29, 1.82) is 0 Å². The lowest BCUT2D eigenvalue weighted by molar-refractivity contribution is 0.00166. The van der Waals surface area contributed by atoms with Gasteiger partial charge >= 0.3 is 0 Å². The van der Waals surface area contributed by atoms with Crippen molar-refractivity contribution in [3.8, 4) is 0 Å². The topological polar surface area (TPSA) is 66.9 Å². The van der Waals surface area contributed by atoms with E-state index >= 15 is 0 Å². The molecule has 2 aliphatic rings. The minimum atomic E-state index is -0.0531. The number of carbonyl (C=O) groups excluding carboxylic acids is 1. The Labute approximate surface area is 149 Å². The Morgan fingerprint density at radius 3 is 2.84 bits per heavy atom. The van der Waals surface area contributed by atoms with Crippen LogP contribution in [0, 0.1) is 5.92 Å². The number of pyridine rings is 1. The fourth-order valence-corrected chi connectivity index (χ4v) is 3.46. The summed E-state index contributed by atoms with van der Waals surface area (Å²) in [6.45, 7) is 5.57. The highest BCUT2D eigenvalue weighted by atomic mass is 16.5. The summed E-state index contributed by atoms with van der Waals surface area (Å²) in [5, 5.41) is 3.12. The van der Waals surface area contributed by atoms with Gasteiger partial charge in [-0.3, -0.25) is 9.69 Å². The number of morpholine rings is 1. The molecular formula is C18H28N4O3. The van der Waals surface area contributed by atoms with Crippen LogP contribution in [0.3, 0.4) is 0 Å². The monoisotopic (exact) mass is 348 g/mol. The third-order valence-electron chi connectivity index (χ3n) is 4.96. The lowest BCUT2D eigenvalue weighted by Gasteiger charge is -2.37. The smallest absolute Gasteiger partial charge is 0.251 e. The second kappa shape index (κ2) is 8.60. The SMILES string of the molecule is CN(C)c1cc(C(=O)NC[C@@H]([C@@H]2CCOC2)N2CCOCC2)ccn1. The van der Waals surface area contributed by atoms with Gasteiger partial charge in [0, 0.05) is 64.1 Å². The maximum Gasteiger partial charge on any atom is 0.251 e. The van der Waals surface area contributed by atoms with Crippen molar-refractivity contribution in [3.05, 3.63) is 23.9 Å². The predicted molar refractivity (Wildman–Crippen MR) is 96.0 cm³/mol. The summed E-state index contributed by atoms with van der Waals surface area (Å²) in [5.41, 5.74) is 0.641. The third-order valence-corrected chi connectivity index (χ3v) is 4.96.